The van der Waals surface area contributed by atoms with Gasteiger partial charge in [-0.15, -0.1) is 0 Å². The fourth-order valence-corrected chi connectivity index (χ4v) is 1.39. The molecule has 0 spiro atoms. The first kappa shape index (κ1) is 15.0. The molecule has 5 heteroatoms. The highest BCUT2D eigenvalue weighted by Crippen LogP contribution is 2.15. The van der Waals surface area contributed by atoms with Crippen molar-refractivity contribution >= 4 is 11.7 Å². The summed E-state index contributed by atoms with van der Waals surface area (Å²) in [5.74, 6) is 4.84. The quantitative estimate of drug-likeness (QED) is 0.575. The summed E-state index contributed by atoms with van der Waals surface area (Å²) in [6, 6.07) is 3.97. The van der Waals surface area contributed by atoms with Gasteiger partial charge in [0.05, 0.1) is 12.2 Å². The van der Waals surface area contributed by atoms with Crippen LogP contribution in [-0.4, -0.2) is 19.1 Å². The molecule has 0 saturated carbocycles. The SMILES string of the molecule is CCCCNC(=O)Nc1ccc(C#CCN)cc1F. The van der Waals surface area contributed by atoms with Crippen molar-refractivity contribution in [2.45, 2.75) is 19.8 Å². The lowest BCUT2D eigenvalue weighted by Gasteiger charge is -2.08. The zero-order valence-electron chi connectivity index (χ0n) is 10.9. The Kier molecular flexibility index (Phi) is 6.41. The molecule has 0 heterocycles. The van der Waals surface area contributed by atoms with Crippen LogP contribution in [0.2, 0.25) is 0 Å². The number of amides is 2. The van der Waals surface area contributed by atoms with E-state index in [4.69, 9.17) is 5.73 Å². The minimum atomic E-state index is -0.519. The van der Waals surface area contributed by atoms with E-state index in [1.807, 2.05) is 6.92 Å². The number of hydrogen-bond acceptors (Lipinski definition) is 2. The summed E-state index contributed by atoms with van der Waals surface area (Å²) in [6.45, 7) is 2.83. The van der Waals surface area contributed by atoms with Gasteiger partial charge in [-0.1, -0.05) is 25.2 Å². The molecule has 0 saturated heterocycles. The van der Waals surface area contributed by atoms with Gasteiger partial charge >= 0.3 is 6.03 Å². The Morgan fingerprint density at radius 3 is 2.89 bits per heavy atom. The Bertz CT molecular complexity index is 491. The first-order valence-corrected chi connectivity index (χ1v) is 6.20. The smallest absolute Gasteiger partial charge is 0.319 e. The van der Waals surface area contributed by atoms with Gasteiger partial charge in [0.15, 0.2) is 0 Å². The van der Waals surface area contributed by atoms with Crippen molar-refractivity contribution < 1.29 is 9.18 Å². The Morgan fingerprint density at radius 1 is 1.47 bits per heavy atom. The topological polar surface area (TPSA) is 67.2 Å². The van der Waals surface area contributed by atoms with Crippen LogP contribution in [0.3, 0.4) is 0 Å². The van der Waals surface area contributed by atoms with Crippen LogP contribution in [0.1, 0.15) is 25.3 Å². The number of nitrogens with two attached hydrogens (primary N) is 1. The lowest BCUT2D eigenvalue weighted by atomic mass is 10.2. The molecule has 4 nitrogen and oxygen atoms in total. The van der Waals surface area contributed by atoms with Gasteiger partial charge in [-0.05, 0) is 24.6 Å². The van der Waals surface area contributed by atoms with Crippen LogP contribution in [0.5, 0.6) is 0 Å². The second kappa shape index (κ2) is 8.11. The lowest BCUT2D eigenvalue weighted by molar-refractivity contribution is 0.252. The van der Waals surface area contributed by atoms with E-state index < -0.39 is 11.8 Å². The van der Waals surface area contributed by atoms with Crippen molar-refractivity contribution in [1.82, 2.24) is 5.32 Å². The van der Waals surface area contributed by atoms with Crippen molar-refractivity contribution in [2.24, 2.45) is 5.73 Å². The Balaban J connectivity index is 2.62. The molecule has 1 aromatic rings. The van der Waals surface area contributed by atoms with Crippen molar-refractivity contribution in [3.05, 3.63) is 29.6 Å². The molecule has 0 aliphatic rings. The Morgan fingerprint density at radius 2 is 2.26 bits per heavy atom. The van der Waals surface area contributed by atoms with Crippen LogP contribution in [-0.2, 0) is 0 Å². The first-order chi connectivity index (χ1) is 9.17. The number of unbranched alkanes of at least 4 members (excludes halogenated alkanes) is 1. The third-order valence-electron chi connectivity index (χ3n) is 2.37. The minimum absolute atomic E-state index is 0.132. The fourth-order valence-electron chi connectivity index (χ4n) is 1.39. The van der Waals surface area contributed by atoms with Crippen LogP contribution < -0.4 is 16.4 Å². The number of benzene rings is 1. The molecule has 0 fully saturated rings. The molecule has 1 rings (SSSR count). The van der Waals surface area contributed by atoms with E-state index in [-0.39, 0.29) is 12.2 Å². The monoisotopic (exact) mass is 263 g/mol. The molecule has 1 aromatic carbocycles. The van der Waals surface area contributed by atoms with Gasteiger partial charge in [0.25, 0.3) is 0 Å². The molecule has 0 aliphatic heterocycles. The third-order valence-corrected chi connectivity index (χ3v) is 2.37. The highest BCUT2D eigenvalue weighted by Gasteiger charge is 2.06. The van der Waals surface area contributed by atoms with E-state index in [0.29, 0.717) is 12.1 Å². The molecule has 0 aliphatic carbocycles. The maximum absolute atomic E-state index is 13.7. The summed E-state index contributed by atoms with van der Waals surface area (Å²) < 4.78 is 13.7. The number of carbonyl (C=O) groups is 1. The molecule has 102 valence electrons. The minimum Gasteiger partial charge on any atom is -0.338 e. The van der Waals surface area contributed by atoms with Gasteiger partial charge in [0.1, 0.15) is 5.82 Å². The first-order valence-electron chi connectivity index (χ1n) is 6.20. The van der Waals surface area contributed by atoms with Crippen LogP contribution in [0, 0.1) is 17.7 Å². The van der Waals surface area contributed by atoms with Gasteiger partial charge in [-0.25, -0.2) is 9.18 Å². The van der Waals surface area contributed by atoms with Gasteiger partial charge in [0, 0.05) is 12.1 Å². The summed E-state index contributed by atoms with van der Waals surface area (Å²) in [7, 11) is 0. The van der Waals surface area contributed by atoms with Crippen LogP contribution in [0.4, 0.5) is 14.9 Å². The van der Waals surface area contributed by atoms with Crippen LogP contribution >= 0.6 is 0 Å². The molecule has 0 aromatic heterocycles. The molecular formula is C14H18FN3O. The van der Waals surface area contributed by atoms with Crippen molar-refractivity contribution in [1.29, 1.82) is 0 Å². The number of hydrogen-bond donors (Lipinski definition) is 3. The van der Waals surface area contributed by atoms with Crippen LogP contribution in [0.15, 0.2) is 18.2 Å². The van der Waals surface area contributed by atoms with Crippen LogP contribution in [0.25, 0.3) is 0 Å². The van der Waals surface area contributed by atoms with Crippen molar-refractivity contribution in [2.75, 3.05) is 18.4 Å². The molecule has 0 bridgehead atoms. The molecule has 0 unspecified atom stereocenters. The highest BCUT2D eigenvalue weighted by atomic mass is 19.1. The average Bonchev–Trinajstić information content (AvgIpc) is 2.39. The number of urea groups is 1. The second-order valence-electron chi connectivity index (χ2n) is 3.93. The van der Waals surface area contributed by atoms with E-state index >= 15 is 0 Å². The fraction of sp³-hybridized carbons (Fsp3) is 0.357. The van der Waals surface area contributed by atoms with E-state index in [9.17, 15) is 9.18 Å². The molecule has 4 N–H and O–H groups in total. The summed E-state index contributed by atoms with van der Waals surface area (Å²) in [5, 5.41) is 5.10. The average molecular weight is 263 g/mol. The number of anilines is 1. The summed E-state index contributed by atoms with van der Waals surface area (Å²) in [4.78, 5) is 11.5. The van der Waals surface area contributed by atoms with Gasteiger partial charge in [0.2, 0.25) is 0 Å². The second-order valence-corrected chi connectivity index (χ2v) is 3.93. The molecule has 0 atom stereocenters. The lowest BCUT2D eigenvalue weighted by Crippen LogP contribution is -2.29. The predicted octanol–water partition coefficient (Wildman–Crippen LogP) is 2.06. The van der Waals surface area contributed by atoms with Gasteiger partial charge in [-0.3, -0.25) is 0 Å². The van der Waals surface area contributed by atoms with E-state index in [0.717, 1.165) is 12.8 Å². The summed E-state index contributed by atoms with van der Waals surface area (Å²) in [5.41, 5.74) is 5.89. The molecule has 2 amide bonds. The standard InChI is InChI=1S/C14H18FN3O/c1-2-3-9-17-14(19)18-13-7-6-11(5-4-8-16)10-12(13)15/h6-7,10H,2-3,8-9,16H2,1H3,(H2,17,18,19). The van der Waals surface area contributed by atoms with E-state index in [1.54, 1.807) is 6.07 Å². The summed E-state index contributed by atoms with van der Waals surface area (Å²) >= 11 is 0. The zero-order chi connectivity index (χ0) is 14.1. The number of halogens is 1. The summed E-state index contributed by atoms with van der Waals surface area (Å²) in [6.07, 6.45) is 1.88. The molecule has 0 radical (unpaired) electrons. The number of nitrogens with one attached hydrogen (secondary N) is 2. The van der Waals surface area contributed by atoms with Gasteiger partial charge < -0.3 is 16.4 Å². The Hall–Kier alpha value is -2.06. The third kappa shape index (κ3) is 5.40. The zero-order valence-corrected chi connectivity index (χ0v) is 10.9. The normalized spacial score (nSPS) is 9.42. The highest BCUT2D eigenvalue weighted by molar-refractivity contribution is 5.89. The van der Waals surface area contributed by atoms with E-state index in [1.165, 1.54) is 12.1 Å². The van der Waals surface area contributed by atoms with E-state index in [2.05, 4.69) is 22.5 Å². The van der Waals surface area contributed by atoms with Crippen molar-refractivity contribution in [3.63, 3.8) is 0 Å². The number of carbonyl (C=O) groups excluding carboxylic acids is 1. The van der Waals surface area contributed by atoms with Crippen molar-refractivity contribution in [3.8, 4) is 11.8 Å². The maximum Gasteiger partial charge on any atom is 0.319 e. The van der Waals surface area contributed by atoms with Gasteiger partial charge in [-0.2, -0.15) is 0 Å². The Labute approximate surface area is 112 Å². The molecular weight excluding hydrogens is 245 g/mol. The largest absolute Gasteiger partial charge is 0.338 e. The number of rotatable bonds is 4. The maximum atomic E-state index is 13.7. The molecule has 19 heavy (non-hydrogen) atoms. The predicted molar refractivity (Wildman–Crippen MR) is 74.3 cm³/mol.